The van der Waals surface area contributed by atoms with Crippen LogP contribution in [0.4, 0.5) is 0 Å². The summed E-state index contributed by atoms with van der Waals surface area (Å²) in [6.45, 7) is 3.43. The quantitative estimate of drug-likeness (QED) is 0.896. The van der Waals surface area contributed by atoms with Crippen molar-refractivity contribution in [3.05, 3.63) is 17.7 Å². The van der Waals surface area contributed by atoms with Crippen LogP contribution >= 0.6 is 0 Å². The van der Waals surface area contributed by atoms with Crippen LogP contribution in [-0.2, 0) is 0 Å². The number of piperidine rings is 1. The molecule has 1 aromatic rings. The molecule has 0 radical (unpaired) electrons. The Morgan fingerprint density at radius 2 is 1.83 bits per heavy atom. The summed E-state index contributed by atoms with van der Waals surface area (Å²) in [5, 5.41) is 0. The van der Waals surface area contributed by atoms with Gasteiger partial charge in [-0.15, -0.1) is 0 Å². The van der Waals surface area contributed by atoms with Gasteiger partial charge in [0.2, 0.25) is 5.75 Å². The molecule has 1 saturated heterocycles. The van der Waals surface area contributed by atoms with Crippen LogP contribution < -0.4 is 19.9 Å². The predicted octanol–water partition coefficient (Wildman–Crippen LogP) is 1.91. The Morgan fingerprint density at radius 3 is 2.30 bits per heavy atom. The first-order valence-electron chi connectivity index (χ1n) is 7.86. The van der Waals surface area contributed by atoms with Crippen molar-refractivity contribution < 1.29 is 19.0 Å². The van der Waals surface area contributed by atoms with Gasteiger partial charge in [-0.2, -0.15) is 0 Å². The van der Waals surface area contributed by atoms with Crippen molar-refractivity contribution >= 4 is 5.91 Å². The van der Waals surface area contributed by atoms with Gasteiger partial charge in [0, 0.05) is 24.7 Å². The number of ether oxygens (including phenoxy) is 3. The molecule has 1 aliphatic heterocycles. The van der Waals surface area contributed by atoms with Crippen LogP contribution in [0.1, 0.15) is 30.1 Å². The molecule has 0 spiro atoms. The highest BCUT2D eigenvalue weighted by Crippen LogP contribution is 2.38. The zero-order valence-electron chi connectivity index (χ0n) is 14.3. The van der Waals surface area contributed by atoms with Gasteiger partial charge in [0.1, 0.15) is 0 Å². The second-order valence-corrected chi connectivity index (χ2v) is 5.93. The van der Waals surface area contributed by atoms with E-state index in [2.05, 4.69) is 0 Å². The Morgan fingerprint density at radius 1 is 1.22 bits per heavy atom. The maximum Gasteiger partial charge on any atom is 0.254 e. The van der Waals surface area contributed by atoms with Gasteiger partial charge in [-0.25, -0.2) is 0 Å². The number of rotatable bonds is 5. The molecule has 2 N–H and O–H groups in total. The van der Waals surface area contributed by atoms with Crippen molar-refractivity contribution in [3.8, 4) is 17.2 Å². The van der Waals surface area contributed by atoms with Crippen LogP contribution in [-0.4, -0.2) is 51.3 Å². The monoisotopic (exact) mass is 322 g/mol. The lowest BCUT2D eigenvalue weighted by Gasteiger charge is -2.34. The van der Waals surface area contributed by atoms with Crippen LogP contribution in [0.5, 0.6) is 17.2 Å². The zero-order valence-corrected chi connectivity index (χ0v) is 14.3. The van der Waals surface area contributed by atoms with Crippen LogP contribution in [0, 0.1) is 5.92 Å². The number of benzene rings is 1. The number of methoxy groups -OCH3 is 3. The molecule has 6 nitrogen and oxygen atoms in total. The molecule has 0 aromatic heterocycles. The smallest absolute Gasteiger partial charge is 0.254 e. The number of hydrogen-bond acceptors (Lipinski definition) is 5. The number of amides is 1. The van der Waals surface area contributed by atoms with Gasteiger partial charge in [0.25, 0.3) is 5.91 Å². The Balaban J connectivity index is 2.28. The minimum absolute atomic E-state index is 0.0328. The highest BCUT2D eigenvalue weighted by atomic mass is 16.5. The molecule has 0 saturated carbocycles. The van der Waals surface area contributed by atoms with Gasteiger partial charge >= 0.3 is 0 Å². The molecule has 1 aromatic carbocycles. The Bertz CT molecular complexity index is 535. The molecule has 1 fully saturated rings. The van der Waals surface area contributed by atoms with Gasteiger partial charge < -0.3 is 24.8 Å². The summed E-state index contributed by atoms with van der Waals surface area (Å²) in [6, 6.07) is 3.48. The van der Waals surface area contributed by atoms with E-state index in [1.165, 1.54) is 0 Å². The highest BCUT2D eigenvalue weighted by molar-refractivity contribution is 5.95. The molecular weight excluding hydrogens is 296 g/mol. The molecule has 23 heavy (non-hydrogen) atoms. The molecule has 6 heteroatoms. The normalized spacial score (nSPS) is 19.2. The first kappa shape index (κ1) is 17.4. The van der Waals surface area contributed by atoms with Gasteiger partial charge in [-0.1, -0.05) is 0 Å². The van der Waals surface area contributed by atoms with Crippen LogP contribution in [0.25, 0.3) is 0 Å². The van der Waals surface area contributed by atoms with E-state index in [4.69, 9.17) is 19.9 Å². The summed E-state index contributed by atoms with van der Waals surface area (Å²) >= 11 is 0. The van der Waals surface area contributed by atoms with Gasteiger partial charge in [-0.05, 0) is 37.8 Å². The highest BCUT2D eigenvalue weighted by Gasteiger charge is 2.27. The topological polar surface area (TPSA) is 74.0 Å². The number of hydrogen-bond donors (Lipinski definition) is 1. The molecule has 1 aliphatic rings. The SMILES string of the molecule is COc1cc(C(=O)N2CCCC(C(C)N)C2)cc(OC)c1OC. The minimum atomic E-state index is -0.0328. The number of carbonyl (C=O) groups is 1. The molecular formula is C17H26N2O4. The number of nitrogens with zero attached hydrogens (tertiary/aromatic N) is 1. The first-order valence-corrected chi connectivity index (χ1v) is 7.86. The molecule has 2 unspecified atom stereocenters. The minimum Gasteiger partial charge on any atom is -0.493 e. The molecule has 2 atom stereocenters. The van der Waals surface area contributed by atoms with Crippen LogP contribution in [0.15, 0.2) is 12.1 Å². The molecule has 2 rings (SSSR count). The molecule has 0 bridgehead atoms. The van der Waals surface area contributed by atoms with Crippen molar-refractivity contribution in [1.29, 1.82) is 0 Å². The van der Waals surface area contributed by atoms with Gasteiger partial charge in [-0.3, -0.25) is 4.79 Å². The predicted molar refractivity (Wildman–Crippen MR) is 88.4 cm³/mol. The second-order valence-electron chi connectivity index (χ2n) is 5.93. The summed E-state index contributed by atoms with van der Waals surface area (Å²) in [7, 11) is 4.62. The fourth-order valence-electron chi connectivity index (χ4n) is 3.01. The van der Waals surface area contributed by atoms with E-state index in [9.17, 15) is 4.79 Å². The zero-order chi connectivity index (χ0) is 17.0. The maximum absolute atomic E-state index is 12.8. The van der Waals surface area contributed by atoms with E-state index >= 15 is 0 Å². The lowest BCUT2D eigenvalue weighted by Crippen LogP contribution is -2.45. The van der Waals surface area contributed by atoms with Crippen LogP contribution in [0.3, 0.4) is 0 Å². The van der Waals surface area contributed by atoms with E-state index in [0.29, 0.717) is 35.3 Å². The molecule has 0 aliphatic carbocycles. The third-order valence-electron chi connectivity index (χ3n) is 4.40. The number of nitrogens with two attached hydrogens (primary N) is 1. The Kier molecular flexibility index (Phi) is 5.71. The van der Waals surface area contributed by atoms with Crippen molar-refractivity contribution in [2.45, 2.75) is 25.8 Å². The lowest BCUT2D eigenvalue weighted by atomic mass is 9.92. The van der Waals surface area contributed by atoms with E-state index in [1.54, 1.807) is 33.5 Å². The fraction of sp³-hybridized carbons (Fsp3) is 0.588. The van der Waals surface area contributed by atoms with E-state index in [1.807, 2.05) is 11.8 Å². The average Bonchev–Trinajstić information content (AvgIpc) is 2.59. The van der Waals surface area contributed by atoms with Gasteiger partial charge in [0.05, 0.1) is 21.3 Å². The largest absolute Gasteiger partial charge is 0.493 e. The summed E-state index contributed by atoms with van der Waals surface area (Å²) < 4.78 is 15.9. The van der Waals surface area contributed by atoms with Crippen molar-refractivity contribution in [3.63, 3.8) is 0 Å². The summed E-state index contributed by atoms with van der Waals surface area (Å²) in [5.74, 6) is 1.76. The second kappa shape index (κ2) is 7.55. The van der Waals surface area contributed by atoms with Gasteiger partial charge in [0.15, 0.2) is 11.5 Å². The van der Waals surface area contributed by atoms with Crippen molar-refractivity contribution in [2.75, 3.05) is 34.4 Å². The first-order chi connectivity index (χ1) is 11.0. The lowest BCUT2D eigenvalue weighted by molar-refractivity contribution is 0.0660. The van der Waals surface area contributed by atoms with Crippen LogP contribution in [0.2, 0.25) is 0 Å². The standard InChI is InChI=1S/C17H26N2O4/c1-11(18)12-6-5-7-19(10-12)17(20)13-8-14(21-2)16(23-4)15(9-13)22-3/h8-9,11-12H,5-7,10,18H2,1-4H3. The molecule has 1 heterocycles. The maximum atomic E-state index is 12.8. The Hall–Kier alpha value is -1.95. The fourth-order valence-corrected chi connectivity index (χ4v) is 3.01. The molecule has 1 amide bonds. The van der Waals surface area contributed by atoms with Crippen molar-refractivity contribution in [2.24, 2.45) is 11.7 Å². The number of likely N-dealkylation sites (tertiary alicyclic amines) is 1. The summed E-state index contributed by atoms with van der Waals surface area (Å²) in [5.41, 5.74) is 6.54. The Labute approximate surface area is 137 Å². The van der Waals surface area contributed by atoms with E-state index < -0.39 is 0 Å². The third-order valence-corrected chi connectivity index (χ3v) is 4.40. The third kappa shape index (κ3) is 3.69. The molecule has 128 valence electrons. The summed E-state index contributed by atoms with van der Waals surface area (Å²) in [4.78, 5) is 14.7. The van der Waals surface area contributed by atoms with Crippen molar-refractivity contribution in [1.82, 2.24) is 4.90 Å². The van der Waals surface area contributed by atoms with E-state index in [0.717, 1.165) is 19.4 Å². The summed E-state index contributed by atoms with van der Waals surface area (Å²) in [6.07, 6.45) is 2.04. The average molecular weight is 322 g/mol. The van der Waals surface area contributed by atoms with E-state index in [-0.39, 0.29) is 11.9 Å². The number of carbonyl (C=O) groups excluding carboxylic acids is 1.